The molecule has 6 heteroatoms. The van der Waals surface area contributed by atoms with Crippen LogP contribution in [0.25, 0.3) is 0 Å². The number of benzene rings is 1. The van der Waals surface area contributed by atoms with Crippen LogP contribution in [-0.4, -0.2) is 22.2 Å². The van der Waals surface area contributed by atoms with Gasteiger partial charge in [0.1, 0.15) is 6.54 Å². The highest BCUT2D eigenvalue weighted by Crippen LogP contribution is 2.20. The summed E-state index contributed by atoms with van der Waals surface area (Å²) in [7, 11) is 0. The molecule has 20 heavy (non-hydrogen) atoms. The van der Waals surface area contributed by atoms with Crippen LogP contribution in [0.15, 0.2) is 36.7 Å². The summed E-state index contributed by atoms with van der Waals surface area (Å²) in [5.74, 6) is 5.44. The molecule has 1 heterocycles. The summed E-state index contributed by atoms with van der Waals surface area (Å²) in [6.07, 6.45) is 3.33. The lowest BCUT2D eigenvalue weighted by Crippen LogP contribution is -2.19. The van der Waals surface area contributed by atoms with Gasteiger partial charge in [0.15, 0.2) is 0 Å². The van der Waals surface area contributed by atoms with Gasteiger partial charge in [-0.05, 0) is 24.3 Å². The Bertz CT molecular complexity index is 656. The molecule has 0 spiro atoms. The summed E-state index contributed by atoms with van der Waals surface area (Å²) >= 11 is 5.94. The van der Waals surface area contributed by atoms with Gasteiger partial charge in [-0.1, -0.05) is 23.4 Å². The number of nitrogens with two attached hydrogens (primary N) is 1. The maximum absolute atomic E-state index is 11.9. The normalized spacial score (nSPS) is 9.70. The number of amides is 1. The van der Waals surface area contributed by atoms with Gasteiger partial charge in [0.05, 0.1) is 12.2 Å². The molecule has 1 amide bonds. The second-order valence-corrected chi connectivity index (χ2v) is 4.38. The van der Waals surface area contributed by atoms with Crippen molar-refractivity contribution in [3.05, 3.63) is 47.2 Å². The molecule has 0 bridgehead atoms. The highest BCUT2D eigenvalue weighted by molar-refractivity contribution is 6.31. The van der Waals surface area contributed by atoms with Crippen LogP contribution in [0.5, 0.6) is 0 Å². The molecule has 2 rings (SSSR count). The van der Waals surface area contributed by atoms with E-state index < -0.39 is 0 Å². The molecule has 0 atom stereocenters. The smallest absolute Gasteiger partial charge is 0.246 e. The van der Waals surface area contributed by atoms with Crippen LogP contribution in [-0.2, 0) is 11.3 Å². The van der Waals surface area contributed by atoms with Gasteiger partial charge < -0.3 is 11.1 Å². The predicted molar refractivity (Wildman–Crippen MR) is 78.2 cm³/mol. The van der Waals surface area contributed by atoms with Gasteiger partial charge in [-0.2, -0.15) is 5.10 Å². The van der Waals surface area contributed by atoms with Crippen LogP contribution < -0.4 is 11.1 Å². The second-order valence-electron chi connectivity index (χ2n) is 3.95. The summed E-state index contributed by atoms with van der Waals surface area (Å²) in [5.41, 5.74) is 6.59. The zero-order valence-corrected chi connectivity index (χ0v) is 11.4. The highest BCUT2D eigenvalue weighted by Gasteiger charge is 2.07. The van der Waals surface area contributed by atoms with Gasteiger partial charge in [-0.3, -0.25) is 9.48 Å². The molecule has 0 saturated heterocycles. The summed E-state index contributed by atoms with van der Waals surface area (Å²) < 4.78 is 1.53. The van der Waals surface area contributed by atoms with E-state index >= 15 is 0 Å². The molecule has 0 radical (unpaired) electrons. The Morgan fingerprint density at radius 2 is 2.35 bits per heavy atom. The molecular formula is C14H13ClN4O. The number of hydrogen-bond donors (Lipinski definition) is 2. The average molecular weight is 289 g/mol. The second kappa shape index (κ2) is 6.75. The van der Waals surface area contributed by atoms with E-state index in [9.17, 15) is 4.79 Å². The first-order valence-electron chi connectivity index (χ1n) is 5.95. The quantitative estimate of drug-likeness (QED) is 0.841. The first kappa shape index (κ1) is 14.1. The monoisotopic (exact) mass is 288 g/mol. The molecule has 0 unspecified atom stereocenters. The molecule has 1 aromatic heterocycles. The van der Waals surface area contributed by atoms with Crippen LogP contribution in [0.2, 0.25) is 5.02 Å². The minimum Gasteiger partial charge on any atom is -0.323 e. The van der Waals surface area contributed by atoms with Crippen LogP contribution in [0.3, 0.4) is 0 Å². The predicted octanol–water partition coefficient (Wildman–Crippen LogP) is 1.49. The van der Waals surface area contributed by atoms with Gasteiger partial charge >= 0.3 is 0 Å². The van der Waals surface area contributed by atoms with Crippen molar-refractivity contribution in [1.29, 1.82) is 0 Å². The van der Waals surface area contributed by atoms with Crippen molar-refractivity contribution in [2.24, 2.45) is 5.73 Å². The summed E-state index contributed by atoms with van der Waals surface area (Å²) in [4.78, 5) is 11.9. The standard InChI is InChI=1S/C14H13ClN4O/c15-12-5-4-11(3-1-6-16)13(9-12)18-14(20)10-19-8-2-7-17-19/h2,4-5,7-9H,6,10,16H2,(H,18,20). The first-order valence-corrected chi connectivity index (χ1v) is 6.32. The Labute approximate surface area is 121 Å². The SMILES string of the molecule is NCC#Cc1ccc(Cl)cc1NC(=O)Cn1cccn1. The van der Waals surface area contributed by atoms with Crippen molar-refractivity contribution in [2.75, 3.05) is 11.9 Å². The maximum Gasteiger partial charge on any atom is 0.246 e. The third-order valence-corrected chi connectivity index (χ3v) is 2.68. The molecule has 0 saturated carbocycles. The Morgan fingerprint density at radius 3 is 3.05 bits per heavy atom. The number of nitrogens with zero attached hydrogens (tertiary/aromatic N) is 2. The minimum absolute atomic E-state index is 0.128. The number of aromatic nitrogens is 2. The number of carbonyl (C=O) groups is 1. The lowest BCUT2D eigenvalue weighted by molar-refractivity contribution is -0.116. The number of hydrogen-bond acceptors (Lipinski definition) is 3. The first-order chi connectivity index (χ1) is 9.69. The van der Waals surface area contributed by atoms with Gasteiger partial charge in [0.2, 0.25) is 5.91 Å². The van der Waals surface area contributed by atoms with Crippen LogP contribution >= 0.6 is 11.6 Å². The molecule has 0 aliphatic heterocycles. The van der Waals surface area contributed by atoms with Crippen molar-refractivity contribution in [3.8, 4) is 11.8 Å². The molecule has 2 aromatic rings. The van der Waals surface area contributed by atoms with E-state index in [-0.39, 0.29) is 19.0 Å². The topological polar surface area (TPSA) is 72.9 Å². The highest BCUT2D eigenvalue weighted by atomic mass is 35.5. The Kier molecular flexibility index (Phi) is 4.77. The molecule has 5 nitrogen and oxygen atoms in total. The van der Waals surface area contributed by atoms with E-state index in [0.717, 1.165) is 0 Å². The van der Waals surface area contributed by atoms with Crippen molar-refractivity contribution >= 4 is 23.2 Å². The van der Waals surface area contributed by atoms with Crippen LogP contribution in [0.1, 0.15) is 5.56 Å². The third kappa shape index (κ3) is 3.85. The fourth-order valence-electron chi connectivity index (χ4n) is 1.61. The largest absolute Gasteiger partial charge is 0.323 e. The van der Waals surface area contributed by atoms with Crippen LogP contribution in [0, 0.1) is 11.8 Å². The average Bonchev–Trinajstić information content (AvgIpc) is 2.90. The maximum atomic E-state index is 11.9. The number of nitrogens with one attached hydrogen (secondary N) is 1. The van der Waals surface area contributed by atoms with E-state index in [1.54, 1.807) is 36.7 Å². The molecule has 102 valence electrons. The summed E-state index contributed by atoms with van der Waals surface area (Å²) in [6.45, 7) is 0.382. The lowest BCUT2D eigenvalue weighted by Gasteiger charge is -2.08. The molecular weight excluding hydrogens is 276 g/mol. The van der Waals surface area contributed by atoms with E-state index in [4.69, 9.17) is 17.3 Å². The van der Waals surface area contributed by atoms with Gasteiger partial charge in [0, 0.05) is 23.0 Å². The van der Waals surface area contributed by atoms with E-state index in [1.807, 2.05) is 0 Å². The molecule has 1 aromatic carbocycles. The van der Waals surface area contributed by atoms with Gasteiger partial charge in [-0.25, -0.2) is 0 Å². The zero-order valence-electron chi connectivity index (χ0n) is 10.6. The van der Waals surface area contributed by atoms with Crippen molar-refractivity contribution in [3.63, 3.8) is 0 Å². The molecule has 0 aliphatic carbocycles. The number of halogens is 1. The van der Waals surface area contributed by atoms with Crippen molar-refractivity contribution < 1.29 is 4.79 Å². The Hall–Kier alpha value is -2.29. The number of anilines is 1. The van der Waals surface area contributed by atoms with Crippen LogP contribution in [0.4, 0.5) is 5.69 Å². The van der Waals surface area contributed by atoms with E-state index in [0.29, 0.717) is 16.3 Å². The molecule has 0 aliphatic rings. The Morgan fingerprint density at radius 1 is 1.50 bits per heavy atom. The number of rotatable bonds is 3. The summed E-state index contributed by atoms with van der Waals surface area (Å²) in [6, 6.07) is 6.87. The third-order valence-electron chi connectivity index (χ3n) is 2.45. The minimum atomic E-state index is -0.202. The zero-order chi connectivity index (χ0) is 14.4. The molecule has 0 fully saturated rings. The van der Waals surface area contributed by atoms with Crippen molar-refractivity contribution in [2.45, 2.75) is 6.54 Å². The van der Waals surface area contributed by atoms with Gasteiger partial charge in [0.25, 0.3) is 0 Å². The fraction of sp³-hybridized carbons (Fsp3) is 0.143. The van der Waals surface area contributed by atoms with E-state index in [2.05, 4.69) is 22.3 Å². The summed E-state index contributed by atoms with van der Waals surface area (Å²) in [5, 5.41) is 7.27. The van der Waals surface area contributed by atoms with Gasteiger partial charge in [-0.15, -0.1) is 0 Å². The molecule has 3 N–H and O–H groups in total. The number of carbonyl (C=O) groups excluding carboxylic acids is 1. The lowest BCUT2D eigenvalue weighted by atomic mass is 10.2. The van der Waals surface area contributed by atoms with E-state index in [1.165, 1.54) is 4.68 Å². The fourth-order valence-corrected chi connectivity index (χ4v) is 1.78. The Balaban J connectivity index is 2.15. The van der Waals surface area contributed by atoms with Crippen molar-refractivity contribution in [1.82, 2.24) is 9.78 Å².